The quantitative estimate of drug-likeness (QED) is 0.482. The minimum atomic E-state index is 0.122. The van der Waals surface area contributed by atoms with Crippen molar-refractivity contribution in [3.63, 3.8) is 0 Å². The van der Waals surface area contributed by atoms with E-state index in [9.17, 15) is 4.79 Å². The molecule has 1 aliphatic heterocycles. The van der Waals surface area contributed by atoms with Gasteiger partial charge in [-0.1, -0.05) is 53.6 Å². The van der Waals surface area contributed by atoms with Crippen LogP contribution in [0.1, 0.15) is 45.5 Å². The van der Waals surface area contributed by atoms with Gasteiger partial charge in [-0.05, 0) is 62.9 Å². The Morgan fingerprint density at radius 3 is 2.23 bits per heavy atom. The number of benzene rings is 3. The molecule has 0 saturated carbocycles. The Balaban J connectivity index is 1.52. The summed E-state index contributed by atoms with van der Waals surface area (Å²) in [6.07, 6.45) is 2.63. The van der Waals surface area contributed by atoms with Crippen LogP contribution in [-0.4, -0.2) is 43.7 Å². The number of piperidine rings is 1. The Labute approximate surface area is 209 Å². The van der Waals surface area contributed by atoms with Crippen molar-refractivity contribution >= 4 is 5.91 Å². The van der Waals surface area contributed by atoms with Crippen molar-refractivity contribution in [1.82, 2.24) is 10.2 Å². The van der Waals surface area contributed by atoms with Gasteiger partial charge in [-0.15, -0.1) is 0 Å². The summed E-state index contributed by atoms with van der Waals surface area (Å²) in [6, 6.07) is 22.9. The molecule has 0 unspecified atom stereocenters. The molecule has 0 aromatic heterocycles. The van der Waals surface area contributed by atoms with Gasteiger partial charge in [-0.3, -0.25) is 4.79 Å². The van der Waals surface area contributed by atoms with Crippen LogP contribution < -0.4 is 14.8 Å². The molecular formula is C30H36N2O3. The highest BCUT2D eigenvalue weighted by atomic mass is 16.5. The number of rotatable bonds is 8. The molecule has 2 atom stereocenters. The van der Waals surface area contributed by atoms with Gasteiger partial charge in [0.2, 0.25) is 0 Å². The van der Waals surface area contributed by atoms with E-state index < -0.39 is 0 Å². The van der Waals surface area contributed by atoms with Crippen molar-refractivity contribution in [2.24, 2.45) is 0 Å². The largest absolute Gasteiger partial charge is 0.496 e. The Morgan fingerprint density at radius 2 is 1.60 bits per heavy atom. The lowest BCUT2D eigenvalue weighted by molar-refractivity contribution is 0.0576. The summed E-state index contributed by atoms with van der Waals surface area (Å²) < 4.78 is 11.1. The van der Waals surface area contributed by atoms with Gasteiger partial charge in [-0.25, -0.2) is 0 Å². The zero-order valence-electron chi connectivity index (χ0n) is 21.2. The highest BCUT2D eigenvalue weighted by Gasteiger charge is 2.32. The van der Waals surface area contributed by atoms with Crippen LogP contribution in [0.25, 0.3) is 0 Å². The SMILES string of the molecule is COc1cccc(OC)c1CN[C@H]1CCN(C(=O)c2cc(C)cc(C)c2)[C@@H](Cc2ccccc2)C1. The molecule has 0 spiro atoms. The Hall–Kier alpha value is -3.31. The summed E-state index contributed by atoms with van der Waals surface area (Å²) >= 11 is 0. The molecule has 1 fully saturated rings. The number of nitrogens with zero attached hydrogens (tertiary/aromatic N) is 1. The average molecular weight is 473 g/mol. The van der Waals surface area contributed by atoms with Crippen LogP contribution in [0.5, 0.6) is 11.5 Å². The number of hydrogen-bond donors (Lipinski definition) is 1. The van der Waals surface area contributed by atoms with Gasteiger partial charge in [0, 0.05) is 36.3 Å². The lowest BCUT2D eigenvalue weighted by Gasteiger charge is -2.40. The fourth-order valence-corrected chi connectivity index (χ4v) is 5.20. The van der Waals surface area contributed by atoms with Gasteiger partial charge in [0.05, 0.1) is 14.2 Å². The number of carbonyl (C=O) groups excluding carboxylic acids is 1. The van der Waals surface area contributed by atoms with E-state index in [1.807, 2.05) is 50.2 Å². The van der Waals surface area contributed by atoms with E-state index in [0.717, 1.165) is 59.6 Å². The molecule has 184 valence electrons. The number of methoxy groups -OCH3 is 2. The number of aryl methyl sites for hydroxylation is 2. The van der Waals surface area contributed by atoms with E-state index in [-0.39, 0.29) is 11.9 Å². The van der Waals surface area contributed by atoms with E-state index in [2.05, 4.69) is 40.5 Å². The molecule has 4 rings (SSSR count). The molecule has 1 aliphatic rings. The predicted octanol–water partition coefficient (Wildman–Crippen LogP) is 5.33. The van der Waals surface area contributed by atoms with Gasteiger partial charge in [-0.2, -0.15) is 0 Å². The summed E-state index contributed by atoms with van der Waals surface area (Å²) in [6.45, 7) is 5.48. The van der Waals surface area contributed by atoms with E-state index in [1.165, 1.54) is 5.56 Å². The standard InChI is InChI=1S/C30H36N2O3/c1-21-15-22(2)17-24(16-21)30(33)32-14-13-25(19-26(32)18-23-9-6-5-7-10-23)31-20-27-28(34-3)11-8-12-29(27)35-4/h5-12,15-17,25-26,31H,13-14,18-20H2,1-4H3/t25-,26-/m0/s1. The summed E-state index contributed by atoms with van der Waals surface area (Å²) in [4.78, 5) is 15.7. The molecule has 0 radical (unpaired) electrons. The number of likely N-dealkylation sites (tertiary alicyclic amines) is 1. The van der Waals surface area contributed by atoms with Crippen molar-refractivity contribution in [3.05, 3.63) is 94.5 Å². The zero-order chi connectivity index (χ0) is 24.8. The summed E-state index contributed by atoms with van der Waals surface area (Å²) in [5, 5.41) is 3.72. The fourth-order valence-electron chi connectivity index (χ4n) is 5.20. The Morgan fingerprint density at radius 1 is 0.943 bits per heavy atom. The van der Waals surface area contributed by atoms with E-state index in [1.54, 1.807) is 14.2 Å². The number of carbonyl (C=O) groups is 1. The summed E-state index contributed by atoms with van der Waals surface area (Å²) in [5.41, 5.74) is 5.30. The normalized spacial score (nSPS) is 17.8. The van der Waals surface area contributed by atoms with E-state index in [4.69, 9.17) is 9.47 Å². The molecular weight excluding hydrogens is 436 g/mol. The molecule has 1 amide bonds. The molecule has 35 heavy (non-hydrogen) atoms. The molecule has 1 heterocycles. The van der Waals surface area contributed by atoms with Crippen LogP contribution in [0, 0.1) is 13.8 Å². The Kier molecular flexibility index (Phi) is 8.09. The highest BCUT2D eigenvalue weighted by molar-refractivity contribution is 5.95. The third kappa shape index (κ3) is 6.04. The summed E-state index contributed by atoms with van der Waals surface area (Å²) in [5.74, 6) is 1.77. The first-order valence-corrected chi connectivity index (χ1v) is 12.3. The van der Waals surface area contributed by atoms with Crippen molar-refractivity contribution < 1.29 is 14.3 Å². The molecule has 1 saturated heterocycles. The van der Waals surface area contributed by atoms with Crippen molar-refractivity contribution in [3.8, 4) is 11.5 Å². The predicted molar refractivity (Wildman–Crippen MR) is 140 cm³/mol. The number of nitrogens with one attached hydrogen (secondary N) is 1. The first-order valence-electron chi connectivity index (χ1n) is 12.3. The number of amides is 1. The van der Waals surface area contributed by atoms with Crippen molar-refractivity contribution in [2.45, 2.75) is 51.7 Å². The smallest absolute Gasteiger partial charge is 0.254 e. The first kappa shape index (κ1) is 24.8. The molecule has 3 aromatic rings. The third-order valence-corrected chi connectivity index (χ3v) is 6.86. The van der Waals surface area contributed by atoms with E-state index >= 15 is 0 Å². The van der Waals surface area contributed by atoms with Crippen LogP contribution in [0.15, 0.2) is 66.7 Å². The second-order valence-corrected chi connectivity index (χ2v) is 9.46. The van der Waals surface area contributed by atoms with Gasteiger partial charge in [0.1, 0.15) is 11.5 Å². The van der Waals surface area contributed by atoms with E-state index in [0.29, 0.717) is 12.6 Å². The van der Waals surface area contributed by atoms with Crippen LogP contribution >= 0.6 is 0 Å². The first-order chi connectivity index (χ1) is 17.0. The topological polar surface area (TPSA) is 50.8 Å². The maximum atomic E-state index is 13.6. The van der Waals surface area contributed by atoms with Gasteiger partial charge in [0.25, 0.3) is 5.91 Å². The second-order valence-electron chi connectivity index (χ2n) is 9.46. The average Bonchev–Trinajstić information content (AvgIpc) is 2.87. The number of ether oxygens (including phenoxy) is 2. The maximum Gasteiger partial charge on any atom is 0.254 e. The molecule has 0 bridgehead atoms. The van der Waals surface area contributed by atoms with Gasteiger partial charge >= 0.3 is 0 Å². The summed E-state index contributed by atoms with van der Waals surface area (Å²) in [7, 11) is 3.37. The lowest BCUT2D eigenvalue weighted by atomic mass is 9.91. The molecule has 5 heteroatoms. The molecule has 3 aromatic carbocycles. The van der Waals surface area contributed by atoms with Crippen molar-refractivity contribution in [1.29, 1.82) is 0 Å². The van der Waals surface area contributed by atoms with Crippen molar-refractivity contribution in [2.75, 3.05) is 20.8 Å². The zero-order valence-corrected chi connectivity index (χ0v) is 21.2. The van der Waals surface area contributed by atoms with Crippen LogP contribution in [-0.2, 0) is 13.0 Å². The molecule has 0 aliphatic carbocycles. The minimum Gasteiger partial charge on any atom is -0.496 e. The molecule has 1 N–H and O–H groups in total. The van der Waals surface area contributed by atoms with Crippen LogP contribution in [0.3, 0.4) is 0 Å². The van der Waals surface area contributed by atoms with Crippen LogP contribution in [0.2, 0.25) is 0 Å². The van der Waals surface area contributed by atoms with Gasteiger partial charge < -0.3 is 19.7 Å². The number of hydrogen-bond acceptors (Lipinski definition) is 4. The highest BCUT2D eigenvalue weighted by Crippen LogP contribution is 2.29. The maximum absolute atomic E-state index is 13.6. The fraction of sp³-hybridized carbons (Fsp3) is 0.367. The molecule has 5 nitrogen and oxygen atoms in total. The third-order valence-electron chi connectivity index (χ3n) is 6.86. The van der Waals surface area contributed by atoms with Gasteiger partial charge in [0.15, 0.2) is 0 Å². The minimum absolute atomic E-state index is 0.122. The lowest BCUT2D eigenvalue weighted by Crippen LogP contribution is -2.51. The monoisotopic (exact) mass is 472 g/mol. The second kappa shape index (κ2) is 11.4. The van der Waals surface area contributed by atoms with Crippen LogP contribution in [0.4, 0.5) is 0 Å². The Bertz CT molecular complexity index is 1100.